The van der Waals surface area contributed by atoms with E-state index >= 15 is 0 Å². The largest absolute Gasteiger partial charge is 0.375 e. The van der Waals surface area contributed by atoms with E-state index < -0.39 is 15.7 Å². The summed E-state index contributed by atoms with van der Waals surface area (Å²) in [5.41, 5.74) is 0.614. The quantitative estimate of drug-likeness (QED) is 0.782. The second kappa shape index (κ2) is 7.61. The van der Waals surface area contributed by atoms with Crippen LogP contribution in [-0.4, -0.2) is 27.1 Å². The standard InChI is InChI=1S/C15H13Cl3N2O3S/c1-24(22,23)15-11(18)6-9(16)7-13(15)19-8-14(21)20-12-5-3-2-4-10(12)17/h2-7,19H,8H2,1H3,(H,20,21). The highest BCUT2D eigenvalue weighted by Gasteiger charge is 2.19. The Morgan fingerprint density at radius 2 is 1.71 bits per heavy atom. The average Bonchev–Trinajstić information content (AvgIpc) is 2.45. The van der Waals surface area contributed by atoms with Crippen molar-refractivity contribution in [1.29, 1.82) is 0 Å². The number of nitrogens with one attached hydrogen (secondary N) is 2. The topological polar surface area (TPSA) is 75.3 Å². The third kappa shape index (κ3) is 4.77. The van der Waals surface area contributed by atoms with Crippen molar-refractivity contribution in [2.45, 2.75) is 4.90 Å². The van der Waals surface area contributed by atoms with Crippen molar-refractivity contribution in [2.24, 2.45) is 0 Å². The lowest BCUT2D eigenvalue weighted by molar-refractivity contribution is -0.114. The van der Waals surface area contributed by atoms with Crippen molar-refractivity contribution >= 4 is 61.9 Å². The molecular formula is C15H13Cl3N2O3S. The molecule has 0 unspecified atom stereocenters. The Kier molecular flexibility index (Phi) is 5.98. The highest BCUT2D eigenvalue weighted by Crippen LogP contribution is 2.33. The first-order valence-corrected chi connectivity index (χ1v) is 9.68. The monoisotopic (exact) mass is 406 g/mol. The lowest BCUT2D eigenvalue weighted by Crippen LogP contribution is -2.22. The summed E-state index contributed by atoms with van der Waals surface area (Å²) < 4.78 is 23.8. The predicted octanol–water partition coefficient (Wildman–Crippen LogP) is 4.10. The fourth-order valence-corrected chi connectivity index (χ4v) is 4.04. The van der Waals surface area contributed by atoms with Crippen LogP contribution in [0.25, 0.3) is 0 Å². The van der Waals surface area contributed by atoms with E-state index in [1.54, 1.807) is 24.3 Å². The highest BCUT2D eigenvalue weighted by molar-refractivity contribution is 7.91. The fourth-order valence-electron chi connectivity index (χ4n) is 2.00. The molecule has 0 aliphatic carbocycles. The van der Waals surface area contributed by atoms with Gasteiger partial charge in [0.1, 0.15) is 4.90 Å². The van der Waals surface area contributed by atoms with Crippen LogP contribution < -0.4 is 10.6 Å². The summed E-state index contributed by atoms with van der Waals surface area (Å²) in [6.07, 6.45) is 1.02. The molecule has 0 radical (unpaired) electrons. The van der Waals surface area contributed by atoms with Gasteiger partial charge >= 0.3 is 0 Å². The number of carbonyl (C=O) groups is 1. The van der Waals surface area contributed by atoms with Crippen LogP contribution in [0.5, 0.6) is 0 Å². The van der Waals surface area contributed by atoms with E-state index in [2.05, 4.69) is 10.6 Å². The number of para-hydroxylation sites is 1. The molecule has 0 bridgehead atoms. The van der Waals surface area contributed by atoms with E-state index in [1.165, 1.54) is 12.1 Å². The third-order valence-electron chi connectivity index (χ3n) is 2.97. The number of hydrogen-bond acceptors (Lipinski definition) is 4. The Bertz CT molecular complexity index is 886. The van der Waals surface area contributed by atoms with Crippen LogP contribution in [0.1, 0.15) is 0 Å². The number of anilines is 2. The first kappa shape index (κ1) is 18.9. The molecule has 0 heterocycles. The molecule has 0 spiro atoms. The smallest absolute Gasteiger partial charge is 0.243 e. The van der Waals surface area contributed by atoms with Crippen molar-refractivity contribution in [3.8, 4) is 0 Å². The molecule has 128 valence electrons. The van der Waals surface area contributed by atoms with Crippen molar-refractivity contribution in [2.75, 3.05) is 23.4 Å². The molecular weight excluding hydrogens is 395 g/mol. The maximum atomic E-state index is 12.0. The molecule has 0 aliphatic heterocycles. The van der Waals surface area contributed by atoms with E-state index in [-0.39, 0.29) is 27.2 Å². The second-order valence-corrected chi connectivity index (χ2v) is 8.12. The summed E-state index contributed by atoms with van der Waals surface area (Å²) in [5, 5.41) is 5.99. The molecule has 0 fully saturated rings. The summed E-state index contributed by atoms with van der Waals surface area (Å²) in [4.78, 5) is 11.9. The summed E-state index contributed by atoms with van der Waals surface area (Å²) in [5.74, 6) is -0.404. The molecule has 0 atom stereocenters. The van der Waals surface area contributed by atoms with Crippen molar-refractivity contribution in [3.63, 3.8) is 0 Å². The van der Waals surface area contributed by atoms with Crippen LogP contribution in [0, 0.1) is 0 Å². The minimum absolute atomic E-state index is 0.0148. The summed E-state index contributed by atoms with van der Waals surface area (Å²) >= 11 is 17.8. The lowest BCUT2D eigenvalue weighted by Gasteiger charge is -2.13. The Morgan fingerprint density at radius 3 is 2.33 bits per heavy atom. The van der Waals surface area contributed by atoms with Gasteiger partial charge in [-0.1, -0.05) is 46.9 Å². The minimum Gasteiger partial charge on any atom is -0.375 e. The van der Waals surface area contributed by atoms with Gasteiger partial charge in [-0.3, -0.25) is 4.79 Å². The van der Waals surface area contributed by atoms with Gasteiger partial charge in [-0.05, 0) is 24.3 Å². The molecule has 2 rings (SSSR count). The zero-order chi connectivity index (χ0) is 17.9. The van der Waals surface area contributed by atoms with E-state index in [1.807, 2.05) is 0 Å². The summed E-state index contributed by atoms with van der Waals surface area (Å²) in [6.45, 7) is -0.190. The number of sulfone groups is 1. The van der Waals surface area contributed by atoms with Crippen LogP contribution in [-0.2, 0) is 14.6 Å². The van der Waals surface area contributed by atoms with Crippen molar-refractivity contribution in [3.05, 3.63) is 51.5 Å². The number of rotatable bonds is 5. The van der Waals surface area contributed by atoms with Gasteiger partial charge in [0.25, 0.3) is 0 Å². The maximum Gasteiger partial charge on any atom is 0.243 e. The van der Waals surface area contributed by atoms with Crippen molar-refractivity contribution < 1.29 is 13.2 Å². The van der Waals surface area contributed by atoms with Gasteiger partial charge < -0.3 is 10.6 Å². The normalized spacial score (nSPS) is 11.2. The fraction of sp³-hybridized carbons (Fsp3) is 0.133. The molecule has 0 saturated heterocycles. The van der Waals surface area contributed by atoms with Crippen LogP contribution in [0.3, 0.4) is 0 Å². The SMILES string of the molecule is CS(=O)(=O)c1c(Cl)cc(Cl)cc1NCC(=O)Nc1ccccc1Cl. The molecule has 0 saturated carbocycles. The Hall–Kier alpha value is -1.47. The van der Waals surface area contributed by atoms with E-state index in [4.69, 9.17) is 34.8 Å². The molecule has 9 heteroatoms. The van der Waals surface area contributed by atoms with E-state index in [0.717, 1.165) is 6.26 Å². The number of hydrogen-bond donors (Lipinski definition) is 2. The third-order valence-corrected chi connectivity index (χ3v) is 5.11. The molecule has 0 aromatic heterocycles. The highest BCUT2D eigenvalue weighted by atomic mass is 35.5. The molecule has 2 aromatic carbocycles. The molecule has 2 aromatic rings. The Morgan fingerprint density at radius 1 is 1.04 bits per heavy atom. The number of carbonyl (C=O) groups excluding carboxylic acids is 1. The average molecular weight is 408 g/mol. The summed E-state index contributed by atoms with van der Waals surface area (Å²) in [6, 6.07) is 9.48. The molecule has 2 N–H and O–H groups in total. The molecule has 5 nitrogen and oxygen atoms in total. The molecule has 1 amide bonds. The predicted molar refractivity (Wildman–Crippen MR) is 98.1 cm³/mol. The van der Waals surface area contributed by atoms with Crippen LogP contribution in [0.15, 0.2) is 41.3 Å². The van der Waals surface area contributed by atoms with Gasteiger partial charge in [-0.15, -0.1) is 0 Å². The van der Waals surface area contributed by atoms with Gasteiger partial charge in [0.05, 0.1) is 28.0 Å². The summed E-state index contributed by atoms with van der Waals surface area (Å²) in [7, 11) is -3.60. The maximum absolute atomic E-state index is 12.0. The molecule has 0 aliphatic rings. The van der Waals surface area contributed by atoms with Crippen molar-refractivity contribution in [1.82, 2.24) is 0 Å². The second-order valence-electron chi connectivity index (χ2n) is 4.92. The van der Waals surface area contributed by atoms with E-state index in [9.17, 15) is 13.2 Å². The minimum atomic E-state index is -3.60. The van der Waals surface area contributed by atoms with E-state index in [0.29, 0.717) is 10.7 Å². The number of benzene rings is 2. The van der Waals surface area contributed by atoms with Gasteiger partial charge in [-0.2, -0.15) is 0 Å². The Balaban J connectivity index is 2.17. The number of amides is 1. The van der Waals surface area contributed by atoms with Gasteiger partial charge in [-0.25, -0.2) is 8.42 Å². The van der Waals surface area contributed by atoms with Crippen LogP contribution in [0.2, 0.25) is 15.1 Å². The number of halogens is 3. The van der Waals surface area contributed by atoms with Crippen LogP contribution >= 0.6 is 34.8 Å². The lowest BCUT2D eigenvalue weighted by atomic mass is 10.3. The van der Waals surface area contributed by atoms with Gasteiger partial charge in [0.15, 0.2) is 9.84 Å². The van der Waals surface area contributed by atoms with Crippen LogP contribution in [0.4, 0.5) is 11.4 Å². The molecule has 24 heavy (non-hydrogen) atoms. The zero-order valence-corrected chi connectivity index (χ0v) is 15.5. The zero-order valence-electron chi connectivity index (χ0n) is 12.4. The first-order valence-electron chi connectivity index (χ1n) is 6.66. The van der Waals surface area contributed by atoms with Gasteiger partial charge in [0.2, 0.25) is 5.91 Å². The van der Waals surface area contributed by atoms with Gasteiger partial charge in [0, 0.05) is 11.3 Å². The Labute approximate surface area is 154 Å². The first-order chi connectivity index (χ1) is 11.2.